The molecule has 1 fully saturated rings. The summed E-state index contributed by atoms with van der Waals surface area (Å²) in [5.41, 5.74) is 0.759. The van der Waals surface area contributed by atoms with Gasteiger partial charge in [0.05, 0.1) is 5.92 Å². The van der Waals surface area contributed by atoms with Gasteiger partial charge in [-0.05, 0) is 31.2 Å². The van der Waals surface area contributed by atoms with Crippen LogP contribution in [0.5, 0.6) is 0 Å². The molecule has 2 aromatic rings. The van der Waals surface area contributed by atoms with E-state index < -0.39 is 0 Å². The molecule has 22 heavy (non-hydrogen) atoms. The van der Waals surface area contributed by atoms with Crippen LogP contribution in [-0.4, -0.2) is 23.3 Å². The van der Waals surface area contributed by atoms with Gasteiger partial charge in [0.1, 0.15) is 0 Å². The van der Waals surface area contributed by atoms with Crippen molar-refractivity contribution in [2.75, 3.05) is 16.8 Å². The van der Waals surface area contributed by atoms with Crippen molar-refractivity contribution in [1.29, 1.82) is 0 Å². The largest absolute Gasteiger partial charge is 0.312 e. The van der Waals surface area contributed by atoms with Gasteiger partial charge >= 0.3 is 0 Å². The van der Waals surface area contributed by atoms with Gasteiger partial charge in [-0.1, -0.05) is 11.6 Å². The number of hydrogen-bond donors (Lipinski definition) is 1. The predicted octanol–water partition coefficient (Wildman–Crippen LogP) is 3.10. The Bertz CT molecular complexity index is 714. The van der Waals surface area contributed by atoms with Crippen molar-refractivity contribution >= 4 is 45.6 Å². The minimum absolute atomic E-state index is 0.0576. The molecule has 5 nitrogen and oxygen atoms in total. The SMILES string of the molecule is Cc1cnc(NC(=O)[C@@H]2CC(=O)N(c3ccc(Cl)cc3)C2)s1. The number of aryl methyl sites for hydroxylation is 1. The number of rotatable bonds is 3. The normalized spacial score (nSPS) is 17.8. The van der Waals surface area contributed by atoms with E-state index in [1.54, 1.807) is 35.4 Å². The molecule has 1 N–H and O–H groups in total. The molecular weight excluding hydrogens is 322 g/mol. The fourth-order valence-electron chi connectivity index (χ4n) is 2.37. The van der Waals surface area contributed by atoms with E-state index in [0.29, 0.717) is 16.7 Å². The van der Waals surface area contributed by atoms with E-state index in [1.165, 1.54) is 11.3 Å². The van der Waals surface area contributed by atoms with Gasteiger partial charge in [-0.15, -0.1) is 11.3 Å². The zero-order valence-electron chi connectivity index (χ0n) is 11.9. The smallest absolute Gasteiger partial charge is 0.231 e. The topological polar surface area (TPSA) is 62.3 Å². The number of anilines is 2. The Labute approximate surface area is 136 Å². The first-order valence-electron chi connectivity index (χ1n) is 6.82. The Balaban J connectivity index is 1.68. The summed E-state index contributed by atoms with van der Waals surface area (Å²) in [4.78, 5) is 31.1. The van der Waals surface area contributed by atoms with Crippen molar-refractivity contribution in [3.8, 4) is 0 Å². The van der Waals surface area contributed by atoms with E-state index in [2.05, 4.69) is 10.3 Å². The molecule has 1 aliphatic heterocycles. The molecule has 2 amide bonds. The van der Waals surface area contributed by atoms with Crippen LogP contribution in [-0.2, 0) is 9.59 Å². The van der Waals surface area contributed by atoms with Crippen molar-refractivity contribution in [1.82, 2.24) is 4.98 Å². The second-order valence-electron chi connectivity index (χ2n) is 5.15. The summed E-state index contributed by atoms with van der Waals surface area (Å²) in [6.45, 7) is 2.30. The Hall–Kier alpha value is -1.92. The van der Waals surface area contributed by atoms with E-state index in [9.17, 15) is 9.59 Å². The Morgan fingerprint density at radius 3 is 2.77 bits per heavy atom. The Morgan fingerprint density at radius 2 is 2.14 bits per heavy atom. The van der Waals surface area contributed by atoms with Crippen LogP contribution in [0.4, 0.5) is 10.8 Å². The molecule has 114 valence electrons. The molecule has 1 atom stereocenters. The highest BCUT2D eigenvalue weighted by atomic mass is 35.5. The van der Waals surface area contributed by atoms with Crippen LogP contribution in [0.1, 0.15) is 11.3 Å². The summed E-state index contributed by atoms with van der Waals surface area (Å²) >= 11 is 7.27. The third-order valence-electron chi connectivity index (χ3n) is 3.49. The molecule has 7 heteroatoms. The predicted molar refractivity (Wildman–Crippen MR) is 87.4 cm³/mol. The molecule has 0 radical (unpaired) electrons. The lowest BCUT2D eigenvalue weighted by molar-refractivity contribution is -0.122. The van der Waals surface area contributed by atoms with Gasteiger partial charge in [0, 0.05) is 34.7 Å². The first-order valence-corrected chi connectivity index (χ1v) is 8.01. The third kappa shape index (κ3) is 3.13. The van der Waals surface area contributed by atoms with Crippen LogP contribution in [0.25, 0.3) is 0 Å². The van der Waals surface area contributed by atoms with Gasteiger partial charge < -0.3 is 10.2 Å². The van der Waals surface area contributed by atoms with E-state index in [4.69, 9.17) is 11.6 Å². The molecule has 3 rings (SSSR count). The molecule has 1 aliphatic rings. The van der Waals surface area contributed by atoms with E-state index in [0.717, 1.165) is 10.6 Å². The summed E-state index contributed by atoms with van der Waals surface area (Å²) in [7, 11) is 0. The highest BCUT2D eigenvalue weighted by molar-refractivity contribution is 7.15. The molecule has 0 spiro atoms. The molecule has 1 saturated heterocycles. The van der Waals surface area contributed by atoms with Crippen molar-refractivity contribution in [3.05, 3.63) is 40.4 Å². The highest BCUT2D eigenvalue weighted by Crippen LogP contribution is 2.27. The van der Waals surface area contributed by atoms with E-state index in [-0.39, 0.29) is 24.2 Å². The Kier molecular flexibility index (Phi) is 4.13. The van der Waals surface area contributed by atoms with Gasteiger partial charge in [0.15, 0.2) is 5.13 Å². The average Bonchev–Trinajstić information content (AvgIpc) is 3.06. The van der Waals surface area contributed by atoms with Gasteiger partial charge in [0.2, 0.25) is 11.8 Å². The van der Waals surface area contributed by atoms with E-state index >= 15 is 0 Å². The lowest BCUT2D eigenvalue weighted by atomic mass is 10.1. The van der Waals surface area contributed by atoms with Crippen molar-refractivity contribution in [3.63, 3.8) is 0 Å². The summed E-state index contributed by atoms with van der Waals surface area (Å²) in [6.07, 6.45) is 1.92. The number of amides is 2. The van der Waals surface area contributed by atoms with Gasteiger partial charge in [-0.3, -0.25) is 9.59 Å². The van der Waals surface area contributed by atoms with Gasteiger partial charge in [0.25, 0.3) is 0 Å². The van der Waals surface area contributed by atoms with Gasteiger partial charge in [-0.2, -0.15) is 0 Å². The second-order valence-corrected chi connectivity index (χ2v) is 6.82. The number of carbonyl (C=O) groups is 2. The summed E-state index contributed by atoms with van der Waals surface area (Å²) in [5.74, 6) is -0.593. The summed E-state index contributed by atoms with van der Waals surface area (Å²) < 4.78 is 0. The third-order valence-corrected chi connectivity index (χ3v) is 4.57. The van der Waals surface area contributed by atoms with Crippen molar-refractivity contribution < 1.29 is 9.59 Å². The maximum Gasteiger partial charge on any atom is 0.231 e. The average molecular weight is 336 g/mol. The minimum atomic E-state index is -0.368. The molecule has 2 heterocycles. The van der Waals surface area contributed by atoms with Crippen LogP contribution < -0.4 is 10.2 Å². The lowest BCUT2D eigenvalue weighted by Gasteiger charge is -2.16. The molecule has 1 aromatic carbocycles. The zero-order chi connectivity index (χ0) is 15.7. The minimum Gasteiger partial charge on any atom is -0.312 e. The number of thiazole rings is 1. The fourth-order valence-corrected chi connectivity index (χ4v) is 3.17. The van der Waals surface area contributed by atoms with Crippen molar-refractivity contribution in [2.45, 2.75) is 13.3 Å². The molecule has 0 aliphatic carbocycles. The monoisotopic (exact) mass is 335 g/mol. The maximum absolute atomic E-state index is 12.3. The van der Waals surface area contributed by atoms with Crippen molar-refractivity contribution in [2.24, 2.45) is 5.92 Å². The van der Waals surface area contributed by atoms with Crippen LogP contribution in [0, 0.1) is 12.8 Å². The molecular formula is C15H14ClN3O2S. The number of hydrogen-bond acceptors (Lipinski definition) is 4. The summed E-state index contributed by atoms with van der Waals surface area (Å²) in [6, 6.07) is 7.03. The molecule has 1 aromatic heterocycles. The standard InChI is InChI=1S/C15H14ClN3O2S/c1-9-7-17-15(22-9)18-14(21)10-6-13(20)19(8-10)12-4-2-11(16)3-5-12/h2-5,7,10H,6,8H2,1H3,(H,17,18,21)/t10-/m1/s1. The second kappa shape index (κ2) is 6.06. The van der Waals surface area contributed by atoms with E-state index in [1.807, 2.05) is 6.92 Å². The first-order chi connectivity index (χ1) is 10.5. The fraction of sp³-hybridized carbons (Fsp3) is 0.267. The number of aromatic nitrogens is 1. The highest BCUT2D eigenvalue weighted by Gasteiger charge is 2.35. The van der Waals surface area contributed by atoms with Crippen LogP contribution in [0.15, 0.2) is 30.5 Å². The van der Waals surface area contributed by atoms with Gasteiger partial charge in [-0.25, -0.2) is 4.98 Å². The summed E-state index contributed by atoms with van der Waals surface area (Å²) in [5, 5.41) is 3.96. The quantitative estimate of drug-likeness (QED) is 0.937. The number of halogens is 1. The molecule has 0 bridgehead atoms. The maximum atomic E-state index is 12.3. The zero-order valence-corrected chi connectivity index (χ0v) is 13.4. The first kappa shape index (κ1) is 15.0. The molecule has 0 unspecified atom stereocenters. The van der Waals surface area contributed by atoms with Crippen LogP contribution >= 0.6 is 22.9 Å². The number of nitrogens with one attached hydrogen (secondary N) is 1. The number of benzene rings is 1. The Morgan fingerprint density at radius 1 is 1.41 bits per heavy atom. The number of carbonyl (C=O) groups excluding carboxylic acids is 2. The lowest BCUT2D eigenvalue weighted by Crippen LogP contribution is -2.28. The number of nitrogens with zero attached hydrogens (tertiary/aromatic N) is 2. The molecule has 0 saturated carbocycles. The van der Waals surface area contributed by atoms with Crippen LogP contribution in [0.2, 0.25) is 5.02 Å². The van der Waals surface area contributed by atoms with Crippen LogP contribution in [0.3, 0.4) is 0 Å².